The highest BCUT2D eigenvalue weighted by atomic mass is 32.2. The van der Waals surface area contributed by atoms with Gasteiger partial charge in [0.15, 0.2) is 11.6 Å². The van der Waals surface area contributed by atoms with Crippen molar-refractivity contribution in [3.05, 3.63) is 23.3 Å². The first kappa shape index (κ1) is 20.6. The van der Waals surface area contributed by atoms with Crippen molar-refractivity contribution in [2.24, 2.45) is 28.6 Å². The summed E-state index contributed by atoms with van der Waals surface area (Å²) in [4.78, 5) is 14.2. The van der Waals surface area contributed by atoms with Gasteiger partial charge >= 0.3 is 0 Å². The molecule has 4 nitrogen and oxygen atoms in total. The molecule has 1 saturated carbocycles. The molecule has 3 aliphatic carbocycles. The number of ether oxygens (including phenoxy) is 2. The van der Waals surface area contributed by atoms with Crippen molar-refractivity contribution in [3.63, 3.8) is 0 Å². The first-order valence-electron chi connectivity index (χ1n) is 10.5. The Morgan fingerprint density at radius 1 is 1.25 bits per heavy atom. The maximum atomic E-state index is 14.2. The number of carbonyl (C=O) groups is 1. The summed E-state index contributed by atoms with van der Waals surface area (Å²) < 4.78 is 18.7. The third kappa shape index (κ3) is 2.88. The van der Waals surface area contributed by atoms with Crippen LogP contribution in [0.2, 0.25) is 0 Å². The quantitative estimate of drug-likeness (QED) is 0.480. The predicted molar refractivity (Wildman–Crippen MR) is 112 cm³/mol. The van der Waals surface area contributed by atoms with Crippen LogP contribution in [-0.4, -0.2) is 36.6 Å². The second-order valence-corrected chi connectivity index (χ2v) is 10.7. The highest BCUT2D eigenvalue weighted by Crippen LogP contribution is 2.60. The fourth-order valence-electron chi connectivity index (χ4n) is 5.87. The predicted octanol–water partition coefficient (Wildman–Crippen LogP) is 4.95. The van der Waals surface area contributed by atoms with Gasteiger partial charge in [-0.15, -0.1) is 0 Å². The Morgan fingerprint density at radius 2 is 1.96 bits per heavy atom. The zero-order valence-electron chi connectivity index (χ0n) is 18.2. The SMILES string of the molecule is CSOC1C(C)=CC23CCC(C)C(C)(C)C(C=C4COC(C)(C)OC4C12)C3=O. The van der Waals surface area contributed by atoms with Crippen LogP contribution < -0.4 is 0 Å². The van der Waals surface area contributed by atoms with Crippen LogP contribution in [0.5, 0.6) is 0 Å². The standard InChI is InChI=1S/C23H34O4S/c1-13-11-23-9-8-14(2)21(3,4)16(20(23)24)10-15-12-25-22(5,6)26-19(15)17(23)18(13)27-28-7/h10-11,14,16-19H,8-9,12H2,1-7H3. The van der Waals surface area contributed by atoms with Gasteiger partial charge in [0.05, 0.1) is 24.2 Å². The zero-order chi connectivity index (χ0) is 20.5. The maximum Gasteiger partial charge on any atom is 0.164 e. The number of rotatable bonds is 2. The molecular weight excluding hydrogens is 372 g/mol. The van der Waals surface area contributed by atoms with E-state index in [1.165, 1.54) is 12.0 Å². The topological polar surface area (TPSA) is 44.8 Å². The van der Waals surface area contributed by atoms with Crippen LogP contribution in [0.15, 0.2) is 23.3 Å². The van der Waals surface area contributed by atoms with Crippen LogP contribution in [0.25, 0.3) is 0 Å². The summed E-state index contributed by atoms with van der Waals surface area (Å²) in [5, 5.41) is 0. The Morgan fingerprint density at radius 3 is 2.64 bits per heavy atom. The van der Waals surface area contributed by atoms with Crippen molar-refractivity contribution in [2.45, 2.75) is 72.4 Å². The van der Waals surface area contributed by atoms with Gasteiger partial charge in [-0.1, -0.05) is 32.9 Å². The van der Waals surface area contributed by atoms with E-state index in [2.05, 4.69) is 39.8 Å². The molecule has 0 amide bonds. The summed E-state index contributed by atoms with van der Waals surface area (Å²) in [5.41, 5.74) is 1.66. The van der Waals surface area contributed by atoms with Gasteiger partial charge in [-0.25, -0.2) is 0 Å². The summed E-state index contributed by atoms with van der Waals surface area (Å²) in [6.45, 7) is 13.4. The molecule has 0 aromatic heterocycles. The second-order valence-electron chi connectivity index (χ2n) is 10.2. The van der Waals surface area contributed by atoms with E-state index in [1.807, 2.05) is 20.1 Å². The molecule has 156 valence electrons. The molecule has 0 radical (unpaired) electrons. The average molecular weight is 407 g/mol. The Labute approximate surface area is 173 Å². The Hall–Kier alpha value is -0.620. The highest BCUT2D eigenvalue weighted by molar-refractivity contribution is 7.93. The summed E-state index contributed by atoms with van der Waals surface area (Å²) in [5.74, 6) is -0.0112. The van der Waals surface area contributed by atoms with Gasteiger partial charge in [-0.3, -0.25) is 4.79 Å². The highest BCUT2D eigenvalue weighted by Gasteiger charge is 2.63. The molecule has 28 heavy (non-hydrogen) atoms. The summed E-state index contributed by atoms with van der Waals surface area (Å²) >= 11 is 1.38. The monoisotopic (exact) mass is 406 g/mol. The minimum absolute atomic E-state index is 0.0343. The molecule has 0 N–H and O–H groups in total. The lowest BCUT2D eigenvalue weighted by atomic mass is 9.65. The van der Waals surface area contributed by atoms with E-state index < -0.39 is 11.2 Å². The van der Waals surface area contributed by atoms with Gasteiger partial charge in [0.2, 0.25) is 0 Å². The van der Waals surface area contributed by atoms with Crippen molar-refractivity contribution < 1.29 is 18.5 Å². The van der Waals surface area contributed by atoms with Gasteiger partial charge < -0.3 is 13.7 Å². The first-order valence-corrected chi connectivity index (χ1v) is 11.6. The first-order chi connectivity index (χ1) is 13.0. The molecular formula is C23H34O4S. The molecule has 4 aliphatic rings. The van der Waals surface area contributed by atoms with Crippen LogP contribution >= 0.6 is 12.0 Å². The summed E-state index contributed by atoms with van der Waals surface area (Å²) in [6, 6.07) is 0. The van der Waals surface area contributed by atoms with Gasteiger partial charge in [0, 0.05) is 18.1 Å². The van der Waals surface area contributed by atoms with E-state index in [1.54, 1.807) is 0 Å². The molecule has 4 rings (SSSR count). The third-order valence-electron chi connectivity index (χ3n) is 7.93. The molecule has 6 atom stereocenters. The summed E-state index contributed by atoms with van der Waals surface area (Å²) in [6.07, 6.45) is 8.02. The van der Waals surface area contributed by atoms with E-state index in [9.17, 15) is 4.79 Å². The third-order valence-corrected chi connectivity index (χ3v) is 8.33. The van der Waals surface area contributed by atoms with Crippen LogP contribution in [0.1, 0.15) is 54.4 Å². The second kappa shape index (κ2) is 6.69. The van der Waals surface area contributed by atoms with Gasteiger partial charge in [0.1, 0.15) is 0 Å². The number of hydrogen-bond donors (Lipinski definition) is 0. The Kier molecular flexibility index (Phi) is 4.94. The van der Waals surface area contributed by atoms with E-state index in [4.69, 9.17) is 13.7 Å². The zero-order valence-corrected chi connectivity index (χ0v) is 19.0. The minimum Gasteiger partial charge on any atom is -0.346 e. The van der Waals surface area contributed by atoms with Crippen LogP contribution in [-0.2, 0) is 18.5 Å². The molecule has 2 bridgehead atoms. The average Bonchev–Trinajstić information content (AvgIpc) is 2.81. The molecule has 5 heteroatoms. The number of hydrogen-bond acceptors (Lipinski definition) is 5. The molecule has 0 aromatic rings. The maximum absolute atomic E-state index is 14.2. The molecule has 2 fully saturated rings. The lowest BCUT2D eigenvalue weighted by molar-refractivity contribution is -0.267. The number of Topliss-reactive ketones (excluding diaryl/α,β-unsaturated/α-hetero) is 1. The molecule has 1 aliphatic heterocycles. The number of fused-ring (bicyclic) bond motifs is 3. The van der Waals surface area contributed by atoms with Gasteiger partial charge in [0.25, 0.3) is 0 Å². The summed E-state index contributed by atoms with van der Waals surface area (Å²) in [7, 11) is 0. The van der Waals surface area contributed by atoms with Crippen LogP contribution in [0.4, 0.5) is 0 Å². The normalized spacial score (nSPS) is 44.0. The fourth-order valence-corrected chi connectivity index (χ4v) is 6.35. The Bertz CT molecular complexity index is 737. The number of allylic oxidation sites excluding steroid dienone is 2. The van der Waals surface area contributed by atoms with E-state index in [0.717, 1.165) is 24.0 Å². The lowest BCUT2D eigenvalue weighted by Crippen LogP contribution is -2.52. The molecule has 0 aromatic carbocycles. The molecule has 1 saturated heterocycles. The van der Waals surface area contributed by atoms with E-state index in [0.29, 0.717) is 18.3 Å². The fraction of sp³-hybridized carbons (Fsp3) is 0.783. The smallest absolute Gasteiger partial charge is 0.164 e. The van der Waals surface area contributed by atoms with E-state index in [-0.39, 0.29) is 29.5 Å². The molecule has 1 spiro atoms. The molecule has 1 heterocycles. The van der Waals surface area contributed by atoms with Crippen molar-refractivity contribution in [1.29, 1.82) is 0 Å². The van der Waals surface area contributed by atoms with Crippen molar-refractivity contribution in [3.8, 4) is 0 Å². The number of carbonyl (C=O) groups excluding carboxylic acids is 1. The van der Waals surface area contributed by atoms with Crippen LogP contribution in [0, 0.1) is 28.6 Å². The lowest BCUT2D eigenvalue weighted by Gasteiger charge is -2.45. The van der Waals surface area contributed by atoms with E-state index >= 15 is 0 Å². The largest absolute Gasteiger partial charge is 0.346 e. The minimum atomic E-state index is -0.663. The Balaban J connectivity index is 1.92. The van der Waals surface area contributed by atoms with Crippen molar-refractivity contribution in [2.75, 3.05) is 12.9 Å². The molecule has 6 unspecified atom stereocenters. The van der Waals surface area contributed by atoms with Crippen LogP contribution in [0.3, 0.4) is 0 Å². The number of ketones is 1. The van der Waals surface area contributed by atoms with Gasteiger partial charge in [-0.2, -0.15) is 0 Å². The van der Waals surface area contributed by atoms with Crippen molar-refractivity contribution >= 4 is 17.8 Å². The van der Waals surface area contributed by atoms with Crippen molar-refractivity contribution in [1.82, 2.24) is 0 Å². The van der Waals surface area contributed by atoms with Gasteiger partial charge in [-0.05, 0) is 68.1 Å².